The van der Waals surface area contributed by atoms with Crippen LogP contribution in [0.2, 0.25) is 0 Å². The zero-order valence-corrected chi connectivity index (χ0v) is 15.3. The zero-order chi connectivity index (χ0) is 19.1. The third kappa shape index (κ3) is 2.58. The van der Waals surface area contributed by atoms with E-state index in [2.05, 4.69) is 37.3 Å². The lowest BCUT2D eigenvalue weighted by atomic mass is 9.99. The van der Waals surface area contributed by atoms with Crippen LogP contribution in [0.15, 0.2) is 89.5 Å². The van der Waals surface area contributed by atoms with Gasteiger partial charge < -0.3 is 9.15 Å². The molecule has 4 nitrogen and oxygen atoms in total. The van der Waals surface area contributed by atoms with Crippen molar-refractivity contribution < 1.29 is 13.9 Å². The van der Waals surface area contributed by atoms with Gasteiger partial charge in [0.2, 0.25) is 5.88 Å². The maximum absolute atomic E-state index is 12.7. The second-order valence-corrected chi connectivity index (χ2v) is 6.72. The molecule has 0 radical (unpaired) electrons. The van der Waals surface area contributed by atoms with E-state index in [0.717, 1.165) is 28.1 Å². The minimum Gasteiger partial charge on any atom is -0.445 e. The number of carbonyl (C=O) groups is 1. The third-order valence-electron chi connectivity index (χ3n) is 4.86. The van der Waals surface area contributed by atoms with Crippen LogP contribution >= 0.6 is 0 Å². The van der Waals surface area contributed by atoms with Crippen molar-refractivity contribution >= 4 is 23.2 Å². The highest BCUT2D eigenvalue weighted by Gasteiger charge is 2.31. The molecule has 136 valence electrons. The molecule has 0 atom stereocenters. The number of hydrogen-bond acceptors (Lipinski definition) is 4. The molecule has 28 heavy (non-hydrogen) atoms. The molecule has 5 rings (SSSR count). The number of furan rings is 1. The molecule has 0 fully saturated rings. The van der Waals surface area contributed by atoms with Gasteiger partial charge in [-0.2, -0.15) is 0 Å². The van der Waals surface area contributed by atoms with E-state index in [-0.39, 0.29) is 0 Å². The normalized spacial score (nSPS) is 12.8. The molecular formula is C24H17NO3. The van der Waals surface area contributed by atoms with Gasteiger partial charge in [0.25, 0.3) is 0 Å². The molecule has 0 saturated carbocycles. The number of hydrogen-bond donors (Lipinski definition) is 0. The number of fused-ring (bicyclic) bond motifs is 2. The van der Waals surface area contributed by atoms with Gasteiger partial charge >= 0.3 is 5.97 Å². The molecule has 0 aliphatic carbocycles. The van der Waals surface area contributed by atoms with E-state index in [1.165, 1.54) is 6.26 Å². The number of benzene rings is 3. The molecule has 1 aliphatic heterocycles. The van der Waals surface area contributed by atoms with Gasteiger partial charge in [-0.1, -0.05) is 54.1 Å². The summed E-state index contributed by atoms with van der Waals surface area (Å²) in [6.45, 7) is 2.07. The van der Waals surface area contributed by atoms with Crippen molar-refractivity contribution in [3.8, 4) is 16.9 Å². The van der Waals surface area contributed by atoms with E-state index in [4.69, 9.17) is 9.15 Å². The Labute approximate surface area is 162 Å². The van der Waals surface area contributed by atoms with Crippen molar-refractivity contribution in [3.63, 3.8) is 0 Å². The lowest BCUT2D eigenvalue weighted by molar-refractivity contribution is 0.0738. The van der Waals surface area contributed by atoms with Crippen LogP contribution in [0.4, 0.5) is 17.3 Å². The van der Waals surface area contributed by atoms with Crippen molar-refractivity contribution in [2.24, 2.45) is 0 Å². The number of ether oxygens (including phenoxy) is 1. The maximum atomic E-state index is 12.7. The van der Waals surface area contributed by atoms with Crippen molar-refractivity contribution in [2.75, 3.05) is 4.90 Å². The summed E-state index contributed by atoms with van der Waals surface area (Å²) in [5, 5.41) is 0. The Morgan fingerprint density at radius 3 is 2.39 bits per heavy atom. The molecule has 0 spiro atoms. The summed E-state index contributed by atoms with van der Waals surface area (Å²) in [7, 11) is 0. The number of aryl methyl sites for hydroxylation is 1. The minimum absolute atomic E-state index is 0.394. The molecular weight excluding hydrogens is 350 g/mol. The lowest BCUT2D eigenvalue weighted by Gasteiger charge is -2.25. The zero-order valence-electron chi connectivity index (χ0n) is 15.3. The fourth-order valence-electron chi connectivity index (χ4n) is 3.57. The molecule has 4 heteroatoms. The van der Waals surface area contributed by atoms with Crippen LogP contribution in [-0.4, -0.2) is 5.97 Å². The van der Waals surface area contributed by atoms with Crippen molar-refractivity contribution in [1.82, 2.24) is 0 Å². The SMILES string of the molecule is Cc1ccc(N2c3ccccc3C(=O)Oc3ccoc32)c(-c2ccccc2)c1. The van der Waals surface area contributed by atoms with E-state index >= 15 is 0 Å². The molecule has 0 bridgehead atoms. The lowest BCUT2D eigenvalue weighted by Crippen LogP contribution is -2.12. The summed E-state index contributed by atoms with van der Waals surface area (Å²) >= 11 is 0. The van der Waals surface area contributed by atoms with Gasteiger partial charge in [0, 0.05) is 11.6 Å². The van der Waals surface area contributed by atoms with Crippen LogP contribution in [0.5, 0.6) is 5.75 Å². The smallest absolute Gasteiger partial charge is 0.345 e. The predicted octanol–water partition coefficient (Wildman–Crippen LogP) is 6.26. The Bertz CT molecular complexity index is 1180. The van der Waals surface area contributed by atoms with E-state index < -0.39 is 5.97 Å². The van der Waals surface area contributed by atoms with Crippen molar-refractivity contribution in [1.29, 1.82) is 0 Å². The van der Waals surface area contributed by atoms with Crippen molar-refractivity contribution in [2.45, 2.75) is 6.92 Å². The second-order valence-electron chi connectivity index (χ2n) is 6.72. The topological polar surface area (TPSA) is 42.7 Å². The molecule has 4 aromatic rings. The average molecular weight is 367 g/mol. The summed E-state index contributed by atoms with van der Waals surface area (Å²) in [5.74, 6) is 0.495. The van der Waals surface area contributed by atoms with Crippen LogP contribution in [0.25, 0.3) is 11.1 Å². The Morgan fingerprint density at radius 2 is 1.54 bits per heavy atom. The van der Waals surface area contributed by atoms with E-state index in [1.54, 1.807) is 12.1 Å². The summed E-state index contributed by atoms with van der Waals surface area (Å²) < 4.78 is 11.3. The van der Waals surface area contributed by atoms with Crippen LogP contribution in [0, 0.1) is 6.92 Å². The average Bonchev–Trinajstić information content (AvgIpc) is 3.13. The standard InChI is InChI=1S/C24H17NO3/c1-16-11-12-21(19(15-16)17-7-3-2-4-8-17)25-20-10-6-5-9-18(20)24(26)28-22-13-14-27-23(22)25/h2-15H,1H3. The predicted molar refractivity (Wildman–Crippen MR) is 109 cm³/mol. The van der Waals surface area contributed by atoms with Gasteiger partial charge in [-0.15, -0.1) is 0 Å². The highest BCUT2D eigenvalue weighted by atomic mass is 16.5. The highest BCUT2D eigenvalue weighted by Crippen LogP contribution is 2.47. The maximum Gasteiger partial charge on any atom is 0.345 e. The molecule has 1 aliphatic rings. The van der Waals surface area contributed by atoms with E-state index in [1.807, 2.05) is 41.3 Å². The summed E-state index contributed by atoms with van der Waals surface area (Å²) in [5.41, 5.74) is 5.42. The first-order chi connectivity index (χ1) is 13.7. The van der Waals surface area contributed by atoms with Gasteiger partial charge in [0.15, 0.2) is 5.75 Å². The Balaban J connectivity index is 1.82. The fourth-order valence-corrected chi connectivity index (χ4v) is 3.57. The second kappa shape index (κ2) is 6.43. The molecule has 3 aromatic carbocycles. The largest absolute Gasteiger partial charge is 0.445 e. The fraction of sp³-hybridized carbons (Fsp3) is 0.0417. The quantitative estimate of drug-likeness (QED) is 0.392. The molecule has 1 aromatic heterocycles. The monoisotopic (exact) mass is 367 g/mol. The van der Waals surface area contributed by atoms with Crippen LogP contribution in [0.1, 0.15) is 15.9 Å². The molecule has 0 saturated heterocycles. The Morgan fingerprint density at radius 1 is 0.786 bits per heavy atom. The van der Waals surface area contributed by atoms with Crippen LogP contribution < -0.4 is 9.64 Å². The first kappa shape index (κ1) is 16.4. The Hall–Kier alpha value is -3.79. The minimum atomic E-state index is -0.394. The van der Waals surface area contributed by atoms with Crippen molar-refractivity contribution in [3.05, 3.63) is 96.3 Å². The van der Waals surface area contributed by atoms with E-state index in [0.29, 0.717) is 17.2 Å². The summed E-state index contributed by atoms with van der Waals surface area (Å²) in [6, 6.07) is 25.5. The number of carbonyl (C=O) groups excluding carboxylic acids is 1. The third-order valence-corrected chi connectivity index (χ3v) is 4.86. The van der Waals surface area contributed by atoms with Gasteiger partial charge in [-0.3, -0.25) is 4.90 Å². The summed E-state index contributed by atoms with van der Waals surface area (Å²) in [4.78, 5) is 14.6. The number of rotatable bonds is 2. The van der Waals surface area contributed by atoms with Crippen LogP contribution in [0.3, 0.4) is 0 Å². The highest BCUT2D eigenvalue weighted by molar-refractivity contribution is 6.03. The van der Waals surface area contributed by atoms with Crippen LogP contribution in [-0.2, 0) is 0 Å². The number of nitrogens with zero attached hydrogens (tertiary/aromatic N) is 1. The number of anilines is 3. The summed E-state index contributed by atoms with van der Waals surface area (Å²) in [6.07, 6.45) is 1.54. The number of para-hydroxylation sites is 1. The van der Waals surface area contributed by atoms with Gasteiger partial charge in [-0.05, 0) is 36.8 Å². The van der Waals surface area contributed by atoms with Gasteiger partial charge in [0.1, 0.15) is 0 Å². The molecule has 0 amide bonds. The first-order valence-electron chi connectivity index (χ1n) is 9.07. The number of esters is 1. The van der Waals surface area contributed by atoms with E-state index in [9.17, 15) is 4.79 Å². The Kier molecular flexibility index (Phi) is 3.76. The molecule has 0 N–H and O–H groups in total. The molecule has 2 heterocycles. The molecule has 0 unspecified atom stereocenters. The van der Waals surface area contributed by atoms with Gasteiger partial charge in [0.05, 0.1) is 23.2 Å². The first-order valence-corrected chi connectivity index (χ1v) is 9.07. The van der Waals surface area contributed by atoms with Gasteiger partial charge in [-0.25, -0.2) is 4.79 Å².